The van der Waals surface area contributed by atoms with E-state index in [1.54, 1.807) is 55.7 Å². The van der Waals surface area contributed by atoms with E-state index in [1.807, 2.05) is 162 Å². The summed E-state index contributed by atoms with van der Waals surface area (Å²) in [6, 6.07) is 17.2. The first-order valence-electron chi connectivity index (χ1n) is 50.0. The van der Waals surface area contributed by atoms with E-state index in [4.69, 9.17) is 0 Å². The molecule has 3 heterocycles. The Morgan fingerprint density at radius 2 is 0.364 bits per heavy atom. The average Bonchev–Trinajstić information content (AvgIpc) is 1.35. The van der Waals surface area contributed by atoms with Gasteiger partial charge in [0.2, 0.25) is 0 Å². The van der Waals surface area contributed by atoms with E-state index in [2.05, 4.69) is 367 Å². The summed E-state index contributed by atoms with van der Waals surface area (Å²) in [4.78, 5) is 12.7. The maximum absolute atomic E-state index is 4.40. The number of pyridine rings is 3. The number of aromatic nitrogens is 3. The lowest BCUT2D eigenvalue weighted by Crippen LogP contribution is -2.00. The van der Waals surface area contributed by atoms with Gasteiger partial charge in [-0.1, -0.05) is 493 Å². The van der Waals surface area contributed by atoms with E-state index < -0.39 is 0 Å². The Labute approximate surface area is 763 Å². The molecule has 0 spiro atoms. The number of rotatable bonds is 18. The van der Waals surface area contributed by atoms with E-state index in [0.717, 1.165) is 29.6 Å². The fraction of sp³-hybridized carbons (Fsp3) is 0.653. The van der Waals surface area contributed by atoms with Crippen LogP contribution in [0.15, 0.2) is 196 Å². The fourth-order valence-electron chi connectivity index (χ4n) is 14.2. The van der Waals surface area contributed by atoms with Crippen LogP contribution in [0, 0.1) is 59.2 Å². The van der Waals surface area contributed by atoms with Crippen LogP contribution in [-0.2, 0) is 0 Å². The molecule has 3 heteroatoms. The van der Waals surface area contributed by atoms with Gasteiger partial charge in [-0.05, 0) is 224 Å². The van der Waals surface area contributed by atoms with Gasteiger partial charge in [0.25, 0.3) is 0 Å². The van der Waals surface area contributed by atoms with Crippen LogP contribution in [0.25, 0.3) is 0 Å². The Hall–Kier alpha value is -5.93. The van der Waals surface area contributed by atoms with Gasteiger partial charge >= 0.3 is 0 Å². The molecule has 0 aliphatic heterocycles. The molecular formula is C118H213N3. The Morgan fingerprint density at radius 3 is 0.504 bits per heavy atom. The Balaban J connectivity index is -0.000000163. The van der Waals surface area contributed by atoms with Crippen molar-refractivity contribution in [3.8, 4) is 0 Å². The lowest BCUT2D eigenvalue weighted by Gasteiger charge is -2.14. The number of hydrogen-bond donors (Lipinski definition) is 0. The third-order valence-electron chi connectivity index (χ3n) is 20.2. The van der Waals surface area contributed by atoms with Crippen molar-refractivity contribution in [2.24, 2.45) is 59.2 Å². The van der Waals surface area contributed by atoms with Crippen molar-refractivity contribution in [3.63, 3.8) is 0 Å². The lowest BCUT2D eigenvalue weighted by molar-refractivity contribution is 0.702. The van der Waals surface area contributed by atoms with Crippen LogP contribution in [0.5, 0.6) is 0 Å². The highest BCUT2D eigenvalue weighted by Crippen LogP contribution is 2.36. The quantitative estimate of drug-likeness (QED) is 0.0997. The van der Waals surface area contributed by atoms with E-state index in [1.165, 1.54) is 76.7 Å². The second-order valence-corrected chi connectivity index (χ2v) is 34.8. The first-order chi connectivity index (χ1) is 57.1. The van der Waals surface area contributed by atoms with Gasteiger partial charge < -0.3 is 0 Å². The molecule has 0 amide bonds. The molecule has 0 N–H and O–H groups in total. The first-order valence-corrected chi connectivity index (χ1v) is 50.0. The van der Waals surface area contributed by atoms with Gasteiger partial charge in [0, 0.05) is 36.7 Å². The van der Waals surface area contributed by atoms with E-state index in [9.17, 15) is 0 Å². The number of hydrogen-bond acceptors (Lipinski definition) is 3. The van der Waals surface area contributed by atoms with Crippen molar-refractivity contribution >= 4 is 0 Å². The van der Waals surface area contributed by atoms with Crippen LogP contribution in [-0.4, -0.2) is 15.0 Å². The Morgan fingerprint density at radius 1 is 0.182 bits per heavy atom. The van der Waals surface area contributed by atoms with E-state index in [-0.39, 0.29) is 0 Å². The second kappa shape index (κ2) is 82.4. The smallest absolute Gasteiger partial charge is 0.0463 e. The monoisotopic (exact) mass is 1670 g/mol. The van der Waals surface area contributed by atoms with Gasteiger partial charge in [-0.15, -0.1) is 0 Å². The molecule has 0 atom stereocenters. The summed E-state index contributed by atoms with van der Waals surface area (Å²) >= 11 is 0. The molecule has 0 bridgehead atoms. The normalized spacial score (nSPS) is 12.9. The highest BCUT2D eigenvalue weighted by Gasteiger charge is 2.20. The zero-order chi connectivity index (χ0) is 96.7. The third kappa shape index (κ3) is 55.9. The predicted octanol–water partition coefficient (Wildman–Crippen LogP) is 40.9. The molecule has 5 aliphatic carbocycles. The summed E-state index contributed by atoms with van der Waals surface area (Å²) in [7, 11) is 0. The van der Waals surface area contributed by atoms with Crippen LogP contribution in [0.4, 0.5) is 0 Å². The summed E-state index contributed by atoms with van der Waals surface area (Å²) in [6.07, 6.45) is 38.4. The summed E-state index contributed by atoms with van der Waals surface area (Å²) in [5, 5.41) is 0. The minimum atomic E-state index is 0.531. The van der Waals surface area contributed by atoms with Crippen molar-refractivity contribution in [1.29, 1.82) is 0 Å². The molecule has 0 unspecified atom stereocenters. The summed E-state index contributed by atoms with van der Waals surface area (Å²) in [5.41, 5.74) is 27.3. The number of nitrogens with zero attached hydrogens (tertiary/aromatic N) is 3. The highest BCUT2D eigenvalue weighted by atomic mass is 14.7. The molecule has 0 saturated carbocycles. The third-order valence-corrected chi connectivity index (χ3v) is 20.2. The molecule has 0 radical (unpaired) electrons. The molecule has 3 nitrogen and oxygen atoms in total. The topological polar surface area (TPSA) is 38.7 Å². The second-order valence-electron chi connectivity index (χ2n) is 34.8. The zero-order valence-corrected chi connectivity index (χ0v) is 91.5. The Bertz CT molecular complexity index is 2800. The van der Waals surface area contributed by atoms with Crippen molar-refractivity contribution in [2.45, 2.75) is 453 Å². The minimum Gasteiger partial charge on any atom is -0.264 e. The standard InChI is InChI=1S/C12H18.3C11H17N.5C11H18.9C2H6/c1-9(2)11-7-5-6-8-12(11)10(3)4;2*1-8(2)10-5-6-12-7-11(10)9(3)4;1-8(2)10-6-5-7-12-11(10)9(3)4;5*1-8(2)10-6-5-7-11(10)9(3)4;9*1-2/h5-10H,1-4H3;3*5-9H,1-4H3;5*5-6,8-9H,7H2,1-4H3;9*1-2H3. The Kier molecular flexibility index (Phi) is 90.6. The summed E-state index contributed by atoms with van der Waals surface area (Å²) in [6.45, 7) is 117. The molecule has 9 rings (SSSR count). The molecule has 5 aliphatic rings. The molecular weight excluding hydrogens is 1460 g/mol. The molecule has 1 aromatic carbocycles. The highest BCUT2D eigenvalue weighted by molar-refractivity contribution is 5.40. The molecule has 700 valence electrons. The van der Waals surface area contributed by atoms with Gasteiger partial charge in [0.1, 0.15) is 0 Å². The molecule has 121 heavy (non-hydrogen) atoms. The van der Waals surface area contributed by atoms with Crippen LogP contribution in [0.2, 0.25) is 0 Å². The molecule has 0 saturated heterocycles. The maximum atomic E-state index is 4.40. The van der Waals surface area contributed by atoms with Crippen LogP contribution >= 0.6 is 0 Å². The van der Waals surface area contributed by atoms with Crippen molar-refractivity contribution in [1.82, 2.24) is 15.0 Å². The largest absolute Gasteiger partial charge is 0.264 e. The predicted molar refractivity (Wildman–Crippen MR) is 566 cm³/mol. The van der Waals surface area contributed by atoms with Gasteiger partial charge in [-0.2, -0.15) is 0 Å². The summed E-state index contributed by atoms with van der Waals surface area (Å²) < 4.78 is 0. The fourth-order valence-corrected chi connectivity index (χ4v) is 14.2. The van der Waals surface area contributed by atoms with Crippen LogP contribution < -0.4 is 0 Å². The van der Waals surface area contributed by atoms with E-state index >= 15 is 0 Å². The SMILES string of the molecule is CC.CC.CC.CC.CC.CC.CC.CC.CC.CC(C)C1=C(C(C)C)CC=C1.CC(C)C1=C(C(C)C)CC=C1.CC(C)C1=C(C(C)C)CC=C1.CC(C)C1=C(C(C)C)CC=C1.CC(C)C1=C(C(C)C)CC=C1.CC(C)c1ccccc1C(C)C.CC(C)c1cccnc1C(C)C.CC(C)c1ccncc1C(C)C.CC(C)c1ccncc1C(C)C. The van der Waals surface area contributed by atoms with Crippen molar-refractivity contribution < 1.29 is 0 Å². The lowest BCUT2D eigenvalue weighted by atomic mass is 9.91. The molecule has 0 fully saturated rings. The van der Waals surface area contributed by atoms with Gasteiger partial charge in [0.15, 0.2) is 0 Å². The number of benzene rings is 1. The summed E-state index contributed by atoms with van der Waals surface area (Å²) in [5.74, 6) is 11.9. The van der Waals surface area contributed by atoms with Crippen molar-refractivity contribution in [3.05, 3.63) is 241 Å². The van der Waals surface area contributed by atoms with Gasteiger partial charge in [0.05, 0.1) is 0 Å². The number of allylic oxidation sites excluding steroid dienone is 20. The van der Waals surface area contributed by atoms with Crippen LogP contribution in [0.1, 0.15) is 498 Å². The molecule has 4 aromatic rings. The van der Waals surface area contributed by atoms with Gasteiger partial charge in [-0.3, -0.25) is 15.0 Å². The van der Waals surface area contributed by atoms with Gasteiger partial charge in [-0.25, -0.2) is 0 Å². The maximum Gasteiger partial charge on any atom is 0.0463 e. The average molecular weight is 1670 g/mol. The molecule has 3 aromatic heterocycles. The van der Waals surface area contributed by atoms with E-state index in [0.29, 0.717) is 76.9 Å². The van der Waals surface area contributed by atoms with Crippen LogP contribution in [0.3, 0.4) is 0 Å². The first kappa shape index (κ1) is 133. The minimum absolute atomic E-state index is 0.531. The zero-order valence-electron chi connectivity index (χ0n) is 91.5. The van der Waals surface area contributed by atoms with Crippen molar-refractivity contribution in [2.75, 3.05) is 0 Å².